The molecule has 2 aliphatic carbocycles. The van der Waals surface area contributed by atoms with Crippen molar-refractivity contribution in [2.45, 2.75) is 25.7 Å². The molecule has 350 valence electrons. The second-order valence-electron chi connectivity index (χ2n) is 19.6. The summed E-state index contributed by atoms with van der Waals surface area (Å²) < 4.78 is 32.6. The Balaban J connectivity index is 1.15. The van der Waals surface area contributed by atoms with Crippen molar-refractivity contribution < 1.29 is 8.78 Å². The molecule has 10 aromatic carbocycles. The lowest BCUT2D eigenvalue weighted by Crippen LogP contribution is -2.19. The third-order valence-electron chi connectivity index (χ3n) is 15.0. The fourth-order valence-corrected chi connectivity index (χ4v) is 11.6. The highest BCUT2D eigenvalue weighted by Gasteiger charge is 2.41. The number of allylic oxidation sites excluding steroid dienone is 6. The van der Waals surface area contributed by atoms with Crippen LogP contribution in [0.3, 0.4) is 0 Å². The highest BCUT2D eigenvalue weighted by molar-refractivity contribution is 6.23. The molecule has 3 nitrogen and oxygen atoms in total. The van der Waals surface area contributed by atoms with Gasteiger partial charge in [-0.15, -0.1) is 0 Å². The van der Waals surface area contributed by atoms with Gasteiger partial charge in [0.2, 0.25) is 0 Å². The fourth-order valence-electron chi connectivity index (χ4n) is 11.6. The van der Waals surface area contributed by atoms with Crippen LogP contribution in [0.1, 0.15) is 42.5 Å². The molecule has 1 aromatic heterocycles. The summed E-state index contributed by atoms with van der Waals surface area (Å²) in [5.74, 6) is -0.599. The Bertz CT molecular complexity index is 4120. The zero-order chi connectivity index (χ0) is 49.4. The van der Waals surface area contributed by atoms with Gasteiger partial charge in [0.25, 0.3) is 0 Å². The van der Waals surface area contributed by atoms with Crippen molar-refractivity contribution in [1.29, 1.82) is 0 Å². The van der Waals surface area contributed by atoms with Crippen LogP contribution in [0.15, 0.2) is 243 Å². The molecule has 0 amide bonds. The first-order chi connectivity index (χ1) is 35.7. The van der Waals surface area contributed by atoms with Crippen LogP contribution < -0.4 is 9.80 Å². The van der Waals surface area contributed by atoms with Gasteiger partial charge in [-0.05, 0) is 141 Å². The Labute approximate surface area is 423 Å². The Kier molecular flexibility index (Phi) is 10.4. The number of nitrogens with zero attached hydrogens (tertiary/aromatic N) is 3. The lowest BCUT2D eigenvalue weighted by atomic mass is 9.81. The highest BCUT2D eigenvalue weighted by Crippen LogP contribution is 2.60. The molecular weight excluding hydrogens is 897 g/mol. The number of benzene rings is 10. The van der Waals surface area contributed by atoms with Crippen LogP contribution in [0, 0.1) is 11.6 Å². The molecule has 0 aliphatic heterocycles. The van der Waals surface area contributed by atoms with Crippen molar-refractivity contribution in [3.8, 4) is 16.8 Å². The summed E-state index contributed by atoms with van der Waals surface area (Å²) in [5.41, 5.74) is 15.7. The standard InChI is InChI=1S/C68H49F2N3/c1-44-19-7-4-5-10-29-61(55-26-15-13-23-52(44)55)71(49-35-31-46(69)32-36-49)51-39-40-57-59(42-51)68(2,3)60-43-64-66(58-28-17-18-30-62(58)72(64)48-21-8-6-9-22-48)67(65(57)60)73(50-37-33-47(70)34-38-50)63-41-45-20-11-12-24-53(45)54-25-14-16-27-56(54)63/h4-9,11-43H,1,10H2,2-3H3/b5-4-,19-7-,61-29+. The summed E-state index contributed by atoms with van der Waals surface area (Å²) >= 11 is 0. The number of rotatable bonds is 7. The number of hydrogen-bond donors (Lipinski definition) is 0. The van der Waals surface area contributed by atoms with Crippen molar-refractivity contribution >= 4 is 83.1 Å². The number of hydrogen-bond acceptors (Lipinski definition) is 2. The van der Waals surface area contributed by atoms with Gasteiger partial charge in [0.15, 0.2) is 0 Å². The normalized spacial score (nSPS) is 15.4. The second kappa shape index (κ2) is 17.4. The van der Waals surface area contributed by atoms with E-state index >= 15 is 4.39 Å². The maximum absolute atomic E-state index is 15.3. The third-order valence-corrected chi connectivity index (χ3v) is 15.0. The van der Waals surface area contributed by atoms with Gasteiger partial charge in [-0.3, -0.25) is 0 Å². The van der Waals surface area contributed by atoms with Crippen LogP contribution >= 0.6 is 0 Å². The molecule has 0 unspecified atom stereocenters. The Morgan fingerprint density at radius 1 is 0.507 bits per heavy atom. The molecule has 0 spiro atoms. The predicted octanol–water partition coefficient (Wildman–Crippen LogP) is 18.9. The first-order valence-electron chi connectivity index (χ1n) is 24.9. The van der Waals surface area contributed by atoms with Gasteiger partial charge >= 0.3 is 0 Å². The molecule has 13 rings (SSSR count). The summed E-state index contributed by atoms with van der Waals surface area (Å²) in [5, 5.41) is 6.69. The van der Waals surface area contributed by atoms with E-state index in [1.165, 1.54) is 23.1 Å². The minimum Gasteiger partial charge on any atom is -0.310 e. The average Bonchev–Trinajstić information content (AvgIpc) is 3.88. The van der Waals surface area contributed by atoms with E-state index in [-0.39, 0.29) is 11.6 Å². The molecule has 1 heterocycles. The Hall–Kier alpha value is -9.06. The molecular formula is C68H49F2N3. The molecule has 0 N–H and O–H groups in total. The molecule has 0 saturated heterocycles. The van der Waals surface area contributed by atoms with E-state index in [0.29, 0.717) is 6.42 Å². The lowest BCUT2D eigenvalue weighted by molar-refractivity contribution is 0.627. The van der Waals surface area contributed by atoms with Crippen LogP contribution in [-0.4, -0.2) is 4.57 Å². The van der Waals surface area contributed by atoms with Crippen LogP contribution in [0.25, 0.3) is 71.4 Å². The van der Waals surface area contributed by atoms with Gasteiger partial charge in [-0.1, -0.05) is 166 Å². The molecule has 11 aromatic rings. The van der Waals surface area contributed by atoms with Gasteiger partial charge in [-0.2, -0.15) is 0 Å². The summed E-state index contributed by atoms with van der Waals surface area (Å²) in [7, 11) is 0. The molecule has 73 heavy (non-hydrogen) atoms. The van der Waals surface area contributed by atoms with Crippen LogP contribution in [-0.2, 0) is 5.41 Å². The first kappa shape index (κ1) is 43.9. The average molecular weight is 946 g/mol. The van der Waals surface area contributed by atoms with E-state index in [1.54, 1.807) is 12.1 Å². The van der Waals surface area contributed by atoms with E-state index in [2.05, 4.69) is 217 Å². The quantitative estimate of drug-likeness (QED) is 0.148. The molecule has 0 saturated carbocycles. The topological polar surface area (TPSA) is 11.4 Å². The fraction of sp³-hybridized carbons (Fsp3) is 0.0588. The van der Waals surface area contributed by atoms with Crippen LogP contribution in [0.4, 0.5) is 37.2 Å². The maximum Gasteiger partial charge on any atom is 0.123 e. The Morgan fingerprint density at radius 3 is 1.88 bits per heavy atom. The van der Waals surface area contributed by atoms with E-state index in [9.17, 15) is 4.39 Å². The van der Waals surface area contributed by atoms with Crippen LogP contribution in [0.5, 0.6) is 0 Å². The van der Waals surface area contributed by atoms with Gasteiger partial charge < -0.3 is 14.4 Å². The molecule has 5 heteroatoms. The lowest BCUT2D eigenvalue weighted by Gasteiger charge is -2.31. The van der Waals surface area contributed by atoms with Crippen molar-refractivity contribution in [3.05, 3.63) is 277 Å². The number of anilines is 5. The van der Waals surface area contributed by atoms with Crippen molar-refractivity contribution in [2.24, 2.45) is 0 Å². The van der Waals surface area contributed by atoms with Gasteiger partial charge in [-0.25, -0.2) is 8.78 Å². The second-order valence-corrected chi connectivity index (χ2v) is 19.6. The SMILES string of the molecule is C=C1/C=C\C=C/C/C=C(/N(c2ccc(F)cc2)c2ccc3c(c2)C(C)(C)c2cc4c(c(N(c5ccc(F)cc5)c5cc6ccccc6c6ccccc56)c2-3)c2ccccc2n4-c2ccccc2)c2ccccc21. The Morgan fingerprint density at radius 2 is 1.12 bits per heavy atom. The highest BCUT2D eigenvalue weighted by atomic mass is 19.1. The largest absolute Gasteiger partial charge is 0.310 e. The van der Waals surface area contributed by atoms with Crippen LogP contribution in [0.2, 0.25) is 0 Å². The number of para-hydroxylation sites is 2. The summed E-state index contributed by atoms with van der Waals surface area (Å²) in [4.78, 5) is 4.67. The van der Waals surface area contributed by atoms with Gasteiger partial charge in [0.1, 0.15) is 11.6 Å². The molecule has 0 atom stereocenters. The van der Waals surface area contributed by atoms with E-state index in [4.69, 9.17) is 0 Å². The summed E-state index contributed by atoms with van der Waals surface area (Å²) in [6, 6.07) is 70.3. The smallest absolute Gasteiger partial charge is 0.123 e. The zero-order valence-corrected chi connectivity index (χ0v) is 40.5. The van der Waals surface area contributed by atoms with Crippen molar-refractivity contribution in [3.63, 3.8) is 0 Å². The molecule has 2 aliphatic rings. The predicted molar refractivity (Wildman–Crippen MR) is 303 cm³/mol. The van der Waals surface area contributed by atoms with E-state index in [0.717, 1.165) is 111 Å². The number of halogens is 2. The molecule has 0 radical (unpaired) electrons. The summed E-state index contributed by atoms with van der Waals surface area (Å²) in [6.45, 7) is 9.16. The van der Waals surface area contributed by atoms with Gasteiger partial charge in [0.05, 0.1) is 28.1 Å². The molecule has 0 fully saturated rings. The van der Waals surface area contributed by atoms with E-state index < -0.39 is 5.41 Å². The van der Waals surface area contributed by atoms with Crippen molar-refractivity contribution in [1.82, 2.24) is 4.57 Å². The minimum atomic E-state index is -0.541. The van der Waals surface area contributed by atoms with E-state index in [1.807, 2.05) is 30.3 Å². The number of fused-ring (bicyclic) bond motifs is 10. The first-order valence-corrected chi connectivity index (χ1v) is 24.9. The van der Waals surface area contributed by atoms with Gasteiger partial charge in [0, 0.05) is 55.5 Å². The molecule has 0 bridgehead atoms. The number of aromatic nitrogens is 1. The monoisotopic (exact) mass is 945 g/mol. The summed E-state index contributed by atoms with van der Waals surface area (Å²) in [6.07, 6.45) is 11.2. The zero-order valence-electron chi connectivity index (χ0n) is 40.5. The maximum atomic E-state index is 15.3. The minimum absolute atomic E-state index is 0.299. The van der Waals surface area contributed by atoms with Crippen molar-refractivity contribution in [2.75, 3.05) is 9.80 Å². The third kappa shape index (κ3) is 7.14.